The number of nitrogens with zero attached hydrogens (tertiary/aromatic N) is 4. The highest BCUT2D eigenvalue weighted by molar-refractivity contribution is 5.99. The fraction of sp³-hybridized carbons (Fsp3) is 0.217. The molecule has 0 aliphatic rings. The predicted octanol–water partition coefficient (Wildman–Crippen LogP) is 5.24. The largest absolute Gasteiger partial charge is 0.416 e. The van der Waals surface area contributed by atoms with E-state index in [0.29, 0.717) is 34.7 Å². The van der Waals surface area contributed by atoms with E-state index in [4.69, 9.17) is 5.73 Å². The predicted molar refractivity (Wildman–Crippen MR) is 123 cm³/mol. The second-order valence-corrected chi connectivity index (χ2v) is 7.98. The van der Waals surface area contributed by atoms with Gasteiger partial charge in [0.15, 0.2) is 5.65 Å². The molecule has 0 aliphatic carbocycles. The van der Waals surface area contributed by atoms with E-state index in [9.17, 15) is 18.0 Å². The number of nitrogen functional groups attached to an aromatic ring is 1. The Morgan fingerprint density at radius 1 is 1.06 bits per heavy atom. The second-order valence-electron chi connectivity index (χ2n) is 7.98. The van der Waals surface area contributed by atoms with E-state index in [1.807, 2.05) is 19.9 Å². The first kappa shape index (κ1) is 23.0. The molecule has 2 aromatic carbocycles. The Labute approximate surface area is 193 Å². The lowest BCUT2D eigenvalue weighted by molar-refractivity contribution is -0.137. The summed E-state index contributed by atoms with van der Waals surface area (Å²) in [5, 5.41) is 10.4. The number of urea groups is 1. The van der Waals surface area contributed by atoms with E-state index in [1.165, 1.54) is 18.5 Å². The molecule has 2 amide bonds. The SMILES string of the molecule is CC(C)n1nc(Cc2cccc(NC(=O)Nc3cccc(C(F)(F)F)c3)c2)c2c(N)ncnc21. The number of carbonyl (C=O) groups is 1. The number of fused-ring (bicyclic) bond motifs is 1. The van der Waals surface area contributed by atoms with Gasteiger partial charge in [0.1, 0.15) is 12.1 Å². The lowest BCUT2D eigenvalue weighted by Crippen LogP contribution is -2.20. The molecule has 0 unspecified atom stereocenters. The molecule has 0 saturated heterocycles. The molecule has 4 N–H and O–H groups in total. The van der Waals surface area contributed by atoms with Crippen LogP contribution in [-0.2, 0) is 12.6 Å². The average molecular weight is 469 g/mol. The molecule has 2 aromatic heterocycles. The van der Waals surface area contributed by atoms with Crippen molar-refractivity contribution in [2.24, 2.45) is 0 Å². The average Bonchev–Trinajstić information content (AvgIpc) is 3.13. The molecule has 2 heterocycles. The molecule has 0 atom stereocenters. The maximum absolute atomic E-state index is 12.9. The first-order valence-corrected chi connectivity index (χ1v) is 10.4. The van der Waals surface area contributed by atoms with Crippen molar-refractivity contribution in [2.45, 2.75) is 32.5 Å². The number of carbonyl (C=O) groups excluding carboxylic acids is 1. The van der Waals surface area contributed by atoms with Crippen LogP contribution >= 0.6 is 0 Å². The molecule has 4 aromatic rings. The smallest absolute Gasteiger partial charge is 0.383 e. The summed E-state index contributed by atoms with van der Waals surface area (Å²) in [4.78, 5) is 20.8. The molecule has 0 radical (unpaired) electrons. The number of aromatic nitrogens is 4. The Morgan fingerprint density at radius 2 is 1.74 bits per heavy atom. The van der Waals surface area contributed by atoms with Gasteiger partial charge in [0, 0.05) is 23.8 Å². The van der Waals surface area contributed by atoms with E-state index in [2.05, 4.69) is 25.7 Å². The summed E-state index contributed by atoms with van der Waals surface area (Å²) in [6, 6.07) is 10.9. The fourth-order valence-corrected chi connectivity index (χ4v) is 3.57. The Balaban J connectivity index is 1.52. The van der Waals surface area contributed by atoms with Gasteiger partial charge < -0.3 is 16.4 Å². The molecule has 0 saturated carbocycles. The van der Waals surface area contributed by atoms with Crippen LogP contribution in [0, 0.1) is 0 Å². The summed E-state index contributed by atoms with van der Waals surface area (Å²) in [6.45, 7) is 3.98. The monoisotopic (exact) mass is 469 g/mol. The van der Waals surface area contributed by atoms with Crippen molar-refractivity contribution in [1.29, 1.82) is 0 Å². The van der Waals surface area contributed by atoms with E-state index in [-0.39, 0.29) is 11.7 Å². The molecule has 11 heteroatoms. The number of amides is 2. The normalized spacial score (nSPS) is 11.7. The molecule has 0 aliphatic heterocycles. The Morgan fingerprint density at radius 3 is 2.41 bits per heavy atom. The van der Waals surface area contributed by atoms with Crippen LogP contribution in [0.25, 0.3) is 11.0 Å². The topological polar surface area (TPSA) is 111 Å². The first-order valence-electron chi connectivity index (χ1n) is 10.4. The third-order valence-electron chi connectivity index (χ3n) is 5.08. The van der Waals surface area contributed by atoms with Gasteiger partial charge in [0.25, 0.3) is 0 Å². The van der Waals surface area contributed by atoms with Crippen molar-refractivity contribution in [1.82, 2.24) is 19.7 Å². The van der Waals surface area contributed by atoms with Crippen LogP contribution < -0.4 is 16.4 Å². The van der Waals surface area contributed by atoms with Gasteiger partial charge in [-0.05, 0) is 49.7 Å². The van der Waals surface area contributed by atoms with Crippen LogP contribution in [0.3, 0.4) is 0 Å². The van der Waals surface area contributed by atoms with Gasteiger partial charge in [-0.25, -0.2) is 19.4 Å². The number of rotatable bonds is 5. The zero-order chi connectivity index (χ0) is 24.5. The summed E-state index contributed by atoms with van der Waals surface area (Å²) >= 11 is 0. The van der Waals surface area contributed by atoms with Crippen LogP contribution in [0.5, 0.6) is 0 Å². The summed E-state index contributed by atoms with van der Waals surface area (Å²) in [5.41, 5.74) is 7.94. The molecular weight excluding hydrogens is 447 g/mol. The number of hydrogen-bond donors (Lipinski definition) is 3. The van der Waals surface area contributed by atoms with Crippen LogP contribution in [0.1, 0.15) is 36.7 Å². The fourth-order valence-electron chi connectivity index (χ4n) is 3.57. The molecule has 34 heavy (non-hydrogen) atoms. The Bertz CT molecular complexity index is 1350. The minimum Gasteiger partial charge on any atom is -0.383 e. The first-order chi connectivity index (χ1) is 16.1. The van der Waals surface area contributed by atoms with E-state index in [0.717, 1.165) is 17.7 Å². The summed E-state index contributed by atoms with van der Waals surface area (Å²) in [5.74, 6) is 0.335. The third-order valence-corrected chi connectivity index (χ3v) is 5.08. The molecule has 176 valence electrons. The number of anilines is 3. The molecule has 4 rings (SSSR count). The summed E-state index contributed by atoms with van der Waals surface area (Å²) in [7, 11) is 0. The number of nitrogens with two attached hydrogens (primary N) is 1. The summed E-state index contributed by atoms with van der Waals surface area (Å²) < 4.78 is 40.5. The van der Waals surface area contributed by atoms with E-state index < -0.39 is 17.8 Å². The zero-order valence-electron chi connectivity index (χ0n) is 18.4. The van der Waals surface area contributed by atoms with Gasteiger partial charge in [-0.1, -0.05) is 18.2 Å². The molecule has 8 nitrogen and oxygen atoms in total. The van der Waals surface area contributed by atoms with Crippen LogP contribution in [0.15, 0.2) is 54.9 Å². The highest BCUT2D eigenvalue weighted by Crippen LogP contribution is 2.31. The van der Waals surface area contributed by atoms with Crippen LogP contribution in [0.4, 0.5) is 35.2 Å². The number of halogens is 3. The highest BCUT2D eigenvalue weighted by Gasteiger charge is 2.30. The van der Waals surface area contributed by atoms with Crippen molar-refractivity contribution in [2.75, 3.05) is 16.4 Å². The quantitative estimate of drug-likeness (QED) is 0.370. The Kier molecular flexibility index (Phi) is 6.10. The van der Waals surface area contributed by atoms with E-state index >= 15 is 0 Å². The molecule has 0 bridgehead atoms. The number of benzene rings is 2. The van der Waals surface area contributed by atoms with Gasteiger partial charge >= 0.3 is 12.2 Å². The molecule has 0 spiro atoms. The van der Waals surface area contributed by atoms with Crippen molar-refractivity contribution >= 4 is 34.3 Å². The van der Waals surface area contributed by atoms with Gasteiger partial charge in [-0.2, -0.15) is 18.3 Å². The highest BCUT2D eigenvalue weighted by atomic mass is 19.4. The lowest BCUT2D eigenvalue weighted by atomic mass is 10.1. The third kappa shape index (κ3) is 4.92. The summed E-state index contributed by atoms with van der Waals surface area (Å²) in [6.07, 6.45) is -2.68. The van der Waals surface area contributed by atoms with Gasteiger partial charge in [-0.15, -0.1) is 0 Å². The van der Waals surface area contributed by atoms with Crippen molar-refractivity contribution in [3.8, 4) is 0 Å². The minimum atomic E-state index is -4.50. The van der Waals surface area contributed by atoms with Crippen LogP contribution in [0.2, 0.25) is 0 Å². The van der Waals surface area contributed by atoms with E-state index in [1.54, 1.807) is 22.9 Å². The van der Waals surface area contributed by atoms with Crippen molar-refractivity contribution in [3.05, 3.63) is 71.7 Å². The second kappa shape index (κ2) is 9.00. The Hall–Kier alpha value is -4.15. The maximum atomic E-state index is 12.9. The standard InChI is InChI=1S/C23H22F3N7O/c1-13(2)33-21-19(20(27)28-12-29-21)18(32-33)10-14-5-3-7-16(9-14)30-22(34)31-17-8-4-6-15(11-17)23(24,25)26/h3-9,11-13H,10H2,1-2H3,(H2,27,28,29)(H2,30,31,34). The van der Waals surface area contributed by atoms with Crippen molar-refractivity contribution in [3.63, 3.8) is 0 Å². The van der Waals surface area contributed by atoms with Gasteiger partial charge in [-0.3, -0.25) is 0 Å². The molecule has 0 fully saturated rings. The van der Waals surface area contributed by atoms with Gasteiger partial charge in [0.05, 0.1) is 16.6 Å². The number of alkyl halides is 3. The molecular formula is C23H22F3N7O. The van der Waals surface area contributed by atoms with Crippen LogP contribution in [-0.4, -0.2) is 25.8 Å². The minimum absolute atomic E-state index is 0.0321. The maximum Gasteiger partial charge on any atom is 0.416 e. The lowest BCUT2D eigenvalue weighted by Gasteiger charge is -2.11. The van der Waals surface area contributed by atoms with Gasteiger partial charge in [0.2, 0.25) is 0 Å². The number of hydrogen-bond acceptors (Lipinski definition) is 5. The number of nitrogens with one attached hydrogen (secondary N) is 2. The zero-order valence-corrected chi connectivity index (χ0v) is 18.4. The van der Waals surface area contributed by atoms with Crippen molar-refractivity contribution < 1.29 is 18.0 Å².